The zero-order valence-electron chi connectivity index (χ0n) is 25.2. The van der Waals surface area contributed by atoms with Gasteiger partial charge in [-0.3, -0.25) is 4.79 Å². The molecule has 1 amide bonds. The Bertz CT molecular complexity index is 1760. The van der Waals surface area contributed by atoms with E-state index in [9.17, 15) is 9.59 Å². The number of rotatable bonds is 10. The number of ether oxygens (including phenoxy) is 2. The number of hydrogen-bond donors (Lipinski definition) is 1. The van der Waals surface area contributed by atoms with Crippen LogP contribution in [0.4, 0.5) is 5.00 Å². The van der Waals surface area contributed by atoms with E-state index < -0.39 is 5.97 Å². The fraction of sp³-hybridized carbons (Fsp3) is 0.250. The van der Waals surface area contributed by atoms with Gasteiger partial charge in [0.2, 0.25) is 0 Å². The molecule has 5 aromatic rings. The number of hydrogen-bond acceptors (Lipinski definition) is 6. The number of thiophene rings is 1. The van der Waals surface area contributed by atoms with Crippen molar-refractivity contribution in [1.29, 1.82) is 0 Å². The average molecular weight is 593 g/mol. The molecule has 0 radical (unpaired) electrons. The zero-order valence-corrected chi connectivity index (χ0v) is 26.0. The summed E-state index contributed by atoms with van der Waals surface area (Å²) in [5.41, 5.74) is 5.95. The third-order valence-electron chi connectivity index (χ3n) is 7.44. The fourth-order valence-electron chi connectivity index (χ4n) is 5.05. The quantitative estimate of drug-likeness (QED) is 0.129. The summed E-state index contributed by atoms with van der Waals surface area (Å²) in [6.45, 7) is 9.05. The van der Waals surface area contributed by atoms with Crippen molar-refractivity contribution in [2.45, 2.75) is 46.5 Å². The molecule has 0 spiro atoms. The number of aryl methyl sites for hydroxylation is 1. The van der Waals surface area contributed by atoms with Crippen molar-refractivity contribution in [2.75, 3.05) is 19.0 Å². The third kappa shape index (κ3) is 6.47. The molecule has 6 nitrogen and oxygen atoms in total. The van der Waals surface area contributed by atoms with Crippen molar-refractivity contribution in [3.63, 3.8) is 0 Å². The summed E-state index contributed by atoms with van der Waals surface area (Å²) in [6.07, 6.45) is 2.07. The van der Waals surface area contributed by atoms with Gasteiger partial charge in [0.1, 0.15) is 16.3 Å². The summed E-state index contributed by atoms with van der Waals surface area (Å²) in [7, 11) is 1.36. The van der Waals surface area contributed by atoms with Crippen LogP contribution in [0.1, 0.15) is 70.7 Å². The number of amides is 1. The van der Waals surface area contributed by atoms with Crippen LogP contribution in [0.25, 0.3) is 33.3 Å². The van der Waals surface area contributed by atoms with Gasteiger partial charge in [-0.25, -0.2) is 9.78 Å². The molecular formula is C36H36N2O4S. The van der Waals surface area contributed by atoms with E-state index in [-0.39, 0.29) is 5.91 Å². The van der Waals surface area contributed by atoms with Crippen molar-refractivity contribution >= 4 is 39.1 Å². The third-order valence-corrected chi connectivity index (χ3v) is 8.47. The normalized spacial score (nSPS) is 11.1. The lowest BCUT2D eigenvalue weighted by molar-refractivity contribution is 0.0603. The number of anilines is 1. The van der Waals surface area contributed by atoms with E-state index in [0.717, 1.165) is 45.5 Å². The molecule has 0 aliphatic rings. The number of aromatic nitrogens is 1. The van der Waals surface area contributed by atoms with Crippen LogP contribution in [0, 0.1) is 6.92 Å². The second kappa shape index (κ2) is 13.2. The number of fused-ring (bicyclic) bond motifs is 1. The van der Waals surface area contributed by atoms with Crippen LogP contribution in [-0.4, -0.2) is 30.6 Å². The lowest BCUT2D eigenvalue weighted by atomic mass is 9.97. The number of carbonyl (C=O) groups excluding carboxylic acids is 2. The number of methoxy groups -OCH3 is 1. The molecule has 220 valence electrons. The van der Waals surface area contributed by atoms with Gasteiger partial charge in [-0.1, -0.05) is 69.7 Å². The molecule has 0 saturated carbocycles. The number of unbranched alkanes of at least 4 members (excludes halogenated alkanes) is 1. The van der Waals surface area contributed by atoms with Gasteiger partial charge >= 0.3 is 5.97 Å². The summed E-state index contributed by atoms with van der Waals surface area (Å²) in [5, 5.41) is 4.22. The Labute approximate surface area is 256 Å². The van der Waals surface area contributed by atoms with Gasteiger partial charge in [-0.2, -0.15) is 0 Å². The van der Waals surface area contributed by atoms with Crippen LogP contribution < -0.4 is 10.1 Å². The van der Waals surface area contributed by atoms with Crippen LogP contribution in [-0.2, 0) is 4.74 Å². The first-order chi connectivity index (χ1) is 20.8. The maximum absolute atomic E-state index is 13.9. The fourth-order valence-corrected chi connectivity index (χ4v) is 6.11. The van der Waals surface area contributed by atoms with E-state index >= 15 is 0 Å². The Kier molecular flexibility index (Phi) is 9.22. The second-order valence-electron chi connectivity index (χ2n) is 10.8. The number of esters is 1. The van der Waals surface area contributed by atoms with Crippen LogP contribution in [0.5, 0.6) is 5.75 Å². The molecule has 43 heavy (non-hydrogen) atoms. The van der Waals surface area contributed by atoms with Gasteiger partial charge in [0.05, 0.1) is 30.5 Å². The highest BCUT2D eigenvalue weighted by atomic mass is 32.1. The first-order valence-corrected chi connectivity index (χ1v) is 15.4. The zero-order chi connectivity index (χ0) is 30.5. The molecule has 0 bridgehead atoms. The standard InChI is InChI=1S/C36H36N2O4S/c1-6-7-20-42-27-18-16-25(17-19-27)31-21-29(28-10-8-9-11-30(28)37-31)34(39)38-35-33(36(40)41-5)32(23(4)43-35)26-14-12-24(13-15-26)22(2)3/h8-19,21-22H,6-7,20H2,1-5H3,(H,38,39). The molecule has 5 rings (SSSR count). The van der Waals surface area contributed by atoms with Crippen molar-refractivity contribution in [3.8, 4) is 28.1 Å². The summed E-state index contributed by atoms with van der Waals surface area (Å²) in [6, 6.07) is 25.3. The summed E-state index contributed by atoms with van der Waals surface area (Å²) < 4.78 is 11.0. The minimum Gasteiger partial charge on any atom is -0.494 e. The summed E-state index contributed by atoms with van der Waals surface area (Å²) in [4.78, 5) is 32.8. The smallest absolute Gasteiger partial charge is 0.341 e. The first-order valence-electron chi connectivity index (χ1n) is 14.6. The molecule has 0 aliphatic carbocycles. The number of nitrogens with one attached hydrogen (secondary N) is 1. The molecule has 0 unspecified atom stereocenters. The molecule has 3 aromatic carbocycles. The molecule has 1 N–H and O–H groups in total. The molecule has 2 heterocycles. The topological polar surface area (TPSA) is 77.5 Å². The minimum absolute atomic E-state index is 0.326. The second-order valence-corrected chi connectivity index (χ2v) is 12.0. The predicted octanol–water partition coefficient (Wildman–Crippen LogP) is 9.28. The Hall–Kier alpha value is -4.49. The highest BCUT2D eigenvalue weighted by Gasteiger charge is 2.26. The highest BCUT2D eigenvalue weighted by molar-refractivity contribution is 7.17. The average Bonchev–Trinajstić information content (AvgIpc) is 3.35. The lowest BCUT2D eigenvalue weighted by Gasteiger charge is -2.12. The molecular weight excluding hydrogens is 556 g/mol. The van der Waals surface area contributed by atoms with E-state index in [0.29, 0.717) is 39.9 Å². The monoisotopic (exact) mass is 592 g/mol. The number of pyridine rings is 1. The molecule has 7 heteroatoms. The predicted molar refractivity (Wildman–Crippen MR) is 175 cm³/mol. The number of benzene rings is 3. The number of nitrogens with zero attached hydrogens (tertiary/aromatic N) is 1. The van der Waals surface area contributed by atoms with Crippen LogP contribution in [0.2, 0.25) is 0 Å². The van der Waals surface area contributed by atoms with Crippen LogP contribution in [0.3, 0.4) is 0 Å². The molecule has 0 aliphatic heterocycles. The molecule has 0 saturated heterocycles. The highest BCUT2D eigenvalue weighted by Crippen LogP contribution is 2.41. The van der Waals surface area contributed by atoms with Gasteiger partial charge in [0, 0.05) is 21.4 Å². The minimum atomic E-state index is -0.496. The maximum atomic E-state index is 13.9. The first kappa shape index (κ1) is 30.0. The molecule has 0 fully saturated rings. The number of para-hydroxylation sites is 1. The van der Waals surface area contributed by atoms with E-state index in [1.54, 1.807) is 6.07 Å². The van der Waals surface area contributed by atoms with Crippen LogP contribution in [0.15, 0.2) is 78.9 Å². The SMILES string of the molecule is CCCCOc1ccc(-c2cc(C(=O)Nc3sc(C)c(-c4ccc(C(C)C)cc4)c3C(=O)OC)c3ccccc3n2)cc1. The van der Waals surface area contributed by atoms with Gasteiger partial charge in [0.15, 0.2) is 0 Å². The van der Waals surface area contributed by atoms with Crippen molar-refractivity contribution in [1.82, 2.24) is 4.98 Å². The Morgan fingerprint density at radius 2 is 1.65 bits per heavy atom. The largest absolute Gasteiger partial charge is 0.494 e. The van der Waals surface area contributed by atoms with E-state index in [1.807, 2.05) is 67.6 Å². The van der Waals surface area contributed by atoms with E-state index in [2.05, 4.69) is 38.2 Å². The maximum Gasteiger partial charge on any atom is 0.341 e. The lowest BCUT2D eigenvalue weighted by Crippen LogP contribution is -2.15. The van der Waals surface area contributed by atoms with E-state index in [4.69, 9.17) is 14.5 Å². The summed E-state index contributed by atoms with van der Waals surface area (Å²) in [5.74, 6) is 0.371. The number of carbonyl (C=O) groups is 2. The molecule has 2 aromatic heterocycles. The van der Waals surface area contributed by atoms with Gasteiger partial charge in [-0.05, 0) is 66.8 Å². The Morgan fingerprint density at radius 3 is 2.33 bits per heavy atom. The van der Waals surface area contributed by atoms with Gasteiger partial charge in [-0.15, -0.1) is 11.3 Å². The van der Waals surface area contributed by atoms with Crippen LogP contribution >= 0.6 is 11.3 Å². The van der Waals surface area contributed by atoms with Crippen molar-refractivity contribution in [3.05, 3.63) is 100 Å². The Morgan fingerprint density at radius 1 is 0.953 bits per heavy atom. The van der Waals surface area contributed by atoms with Gasteiger partial charge < -0.3 is 14.8 Å². The van der Waals surface area contributed by atoms with E-state index in [1.165, 1.54) is 24.0 Å². The molecule has 0 atom stereocenters. The summed E-state index contributed by atoms with van der Waals surface area (Å²) >= 11 is 1.37. The Balaban J connectivity index is 1.52. The van der Waals surface area contributed by atoms with Crippen molar-refractivity contribution < 1.29 is 19.1 Å². The van der Waals surface area contributed by atoms with Gasteiger partial charge in [0.25, 0.3) is 5.91 Å². The van der Waals surface area contributed by atoms with Crippen molar-refractivity contribution in [2.24, 2.45) is 0 Å².